The summed E-state index contributed by atoms with van der Waals surface area (Å²) in [6.07, 6.45) is 4.80. The molecule has 2 aliphatic heterocycles. The standard InChI is InChI=1S/C10H16N4O/c1-2-7-14(6-1)10-12-9(15-13-10)8-4-3-5-11-8/h8,11H,1-7H2. The Morgan fingerprint density at radius 2 is 2.13 bits per heavy atom. The lowest BCUT2D eigenvalue weighted by atomic mass is 10.2. The summed E-state index contributed by atoms with van der Waals surface area (Å²) in [5, 5.41) is 7.40. The Kier molecular flexibility index (Phi) is 2.32. The molecular weight excluding hydrogens is 192 g/mol. The van der Waals surface area contributed by atoms with Gasteiger partial charge < -0.3 is 14.7 Å². The molecule has 0 spiro atoms. The molecule has 0 aromatic carbocycles. The molecule has 0 bridgehead atoms. The first-order valence-corrected chi connectivity index (χ1v) is 5.75. The minimum atomic E-state index is 0.286. The van der Waals surface area contributed by atoms with Gasteiger partial charge in [0, 0.05) is 13.1 Å². The van der Waals surface area contributed by atoms with Crippen molar-refractivity contribution in [3.05, 3.63) is 5.89 Å². The Labute approximate surface area is 88.8 Å². The molecule has 5 heteroatoms. The predicted molar refractivity (Wildman–Crippen MR) is 55.7 cm³/mol. The fourth-order valence-electron chi connectivity index (χ4n) is 2.31. The van der Waals surface area contributed by atoms with Crippen molar-refractivity contribution in [1.82, 2.24) is 15.5 Å². The van der Waals surface area contributed by atoms with Gasteiger partial charge in [-0.05, 0) is 37.4 Å². The smallest absolute Gasteiger partial charge is 0.266 e. The predicted octanol–water partition coefficient (Wildman–Crippen LogP) is 1.09. The van der Waals surface area contributed by atoms with Gasteiger partial charge in [-0.1, -0.05) is 0 Å². The molecule has 0 radical (unpaired) electrons. The SMILES string of the molecule is C1CNC(c2nc(N3CCCC3)no2)C1. The zero-order valence-corrected chi connectivity index (χ0v) is 8.78. The summed E-state index contributed by atoms with van der Waals surface area (Å²) in [6.45, 7) is 3.19. The van der Waals surface area contributed by atoms with E-state index in [2.05, 4.69) is 20.4 Å². The van der Waals surface area contributed by atoms with Crippen LogP contribution < -0.4 is 10.2 Å². The molecule has 1 unspecified atom stereocenters. The quantitative estimate of drug-likeness (QED) is 0.788. The normalized spacial score (nSPS) is 26.4. The molecule has 3 heterocycles. The molecule has 15 heavy (non-hydrogen) atoms. The van der Waals surface area contributed by atoms with Crippen LogP contribution in [0.2, 0.25) is 0 Å². The van der Waals surface area contributed by atoms with Gasteiger partial charge in [0.15, 0.2) is 0 Å². The molecule has 82 valence electrons. The maximum atomic E-state index is 5.30. The molecule has 2 aliphatic rings. The second-order valence-corrected chi connectivity index (χ2v) is 4.28. The van der Waals surface area contributed by atoms with E-state index >= 15 is 0 Å². The fraction of sp³-hybridized carbons (Fsp3) is 0.800. The van der Waals surface area contributed by atoms with Gasteiger partial charge in [0.05, 0.1) is 6.04 Å². The summed E-state index contributed by atoms with van der Waals surface area (Å²) in [4.78, 5) is 6.66. The first kappa shape index (κ1) is 9.15. The average molecular weight is 208 g/mol. The second-order valence-electron chi connectivity index (χ2n) is 4.28. The third-order valence-corrected chi connectivity index (χ3v) is 3.18. The van der Waals surface area contributed by atoms with Crippen molar-refractivity contribution in [1.29, 1.82) is 0 Å². The molecule has 0 amide bonds. The van der Waals surface area contributed by atoms with Crippen LogP contribution in [0.4, 0.5) is 5.95 Å². The Balaban J connectivity index is 1.74. The van der Waals surface area contributed by atoms with E-state index in [0.29, 0.717) is 0 Å². The minimum Gasteiger partial charge on any atom is -0.338 e. The van der Waals surface area contributed by atoms with Crippen molar-refractivity contribution in [2.24, 2.45) is 0 Å². The van der Waals surface area contributed by atoms with Gasteiger partial charge in [0.25, 0.3) is 5.95 Å². The van der Waals surface area contributed by atoms with E-state index in [1.165, 1.54) is 19.3 Å². The summed E-state index contributed by atoms with van der Waals surface area (Å²) in [6, 6.07) is 0.286. The Morgan fingerprint density at radius 1 is 1.27 bits per heavy atom. The third kappa shape index (κ3) is 1.71. The molecule has 5 nitrogen and oxygen atoms in total. The topological polar surface area (TPSA) is 54.2 Å². The van der Waals surface area contributed by atoms with Crippen molar-refractivity contribution in [2.45, 2.75) is 31.7 Å². The number of anilines is 1. The highest BCUT2D eigenvalue weighted by Crippen LogP contribution is 2.24. The third-order valence-electron chi connectivity index (χ3n) is 3.18. The summed E-state index contributed by atoms with van der Waals surface area (Å²) in [5.74, 6) is 1.53. The average Bonchev–Trinajstić information content (AvgIpc) is 3.02. The van der Waals surface area contributed by atoms with Crippen molar-refractivity contribution in [2.75, 3.05) is 24.5 Å². The van der Waals surface area contributed by atoms with Gasteiger partial charge in [-0.2, -0.15) is 4.98 Å². The maximum Gasteiger partial charge on any atom is 0.266 e. The van der Waals surface area contributed by atoms with Crippen LogP contribution in [0.15, 0.2) is 4.52 Å². The monoisotopic (exact) mass is 208 g/mol. The van der Waals surface area contributed by atoms with Crippen LogP contribution in [0.3, 0.4) is 0 Å². The number of hydrogen-bond donors (Lipinski definition) is 1. The van der Waals surface area contributed by atoms with E-state index in [0.717, 1.165) is 37.9 Å². The van der Waals surface area contributed by atoms with Crippen LogP contribution in [0.1, 0.15) is 37.6 Å². The number of hydrogen-bond acceptors (Lipinski definition) is 5. The Bertz CT molecular complexity index is 295. The first-order chi connectivity index (χ1) is 7.43. The van der Waals surface area contributed by atoms with Gasteiger partial charge in [-0.25, -0.2) is 0 Å². The summed E-state index contributed by atoms with van der Waals surface area (Å²) in [5.41, 5.74) is 0. The number of nitrogens with one attached hydrogen (secondary N) is 1. The van der Waals surface area contributed by atoms with Crippen molar-refractivity contribution >= 4 is 5.95 Å². The van der Waals surface area contributed by atoms with Gasteiger partial charge in [-0.15, -0.1) is 0 Å². The number of nitrogens with zero attached hydrogens (tertiary/aromatic N) is 3. The van der Waals surface area contributed by atoms with Crippen molar-refractivity contribution < 1.29 is 4.52 Å². The van der Waals surface area contributed by atoms with Gasteiger partial charge in [0.2, 0.25) is 5.89 Å². The zero-order valence-electron chi connectivity index (χ0n) is 8.78. The molecule has 2 fully saturated rings. The molecule has 3 rings (SSSR count). The summed E-state index contributed by atoms with van der Waals surface area (Å²) in [7, 11) is 0. The molecule has 1 atom stereocenters. The highest BCUT2D eigenvalue weighted by molar-refractivity contribution is 5.29. The highest BCUT2D eigenvalue weighted by atomic mass is 16.5. The second kappa shape index (κ2) is 3.81. The molecule has 0 aliphatic carbocycles. The van der Waals surface area contributed by atoms with Crippen LogP contribution in [-0.2, 0) is 0 Å². The summed E-state index contributed by atoms with van der Waals surface area (Å²) < 4.78 is 5.30. The van der Waals surface area contributed by atoms with Crippen LogP contribution in [0.25, 0.3) is 0 Å². The molecule has 1 aromatic rings. The van der Waals surface area contributed by atoms with Crippen LogP contribution >= 0.6 is 0 Å². The first-order valence-electron chi connectivity index (χ1n) is 5.75. The largest absolute Gasteiger partial charge is 0.338 e. The molecule has 1 aromatic heterocycles. The number of aromatic nitrogens is 2. The van der Waals surface area contributed by atoms with Crippen LogP contribution in [0, 0.1) is 0 Å². The molecule has 2 saturated heterocycles. The molecular formula is C10H16N4O. The molecule has 0 saturated carbocycles. The Morgan fingerprint density at radius 3 is 2.87 bits per heavy atom. The number of rotatable bonds is 2. The lowest BCUT2D eigenvalue weighted by Crippen LogP contribution is -2.19. The van der Waals surface area contributed by atoms with E-state index in [9.17, 15) is 0 Å². The Hall–Kier alpha value is -1.10. The summed E-state index contributed by atoms with van der Waals surface area (Å²) >= 11 is 0. The minimum absolute atomic E-state index is 0.286. The van der Waals surface area contributed by atoms with Gasteiger partial charge in [-0.3, -0.25) is 0 Å². The maximum absolute atomic E-state index is 5.30. The highest BCUT2D eigenvalue weighted by Gasteiger charge is 2.24. The zero-order chi connectivity index (χ0) is 10.1. The van der Waals surface area contributed by atoms with Crippen molar-refractivity contribution in [3.63, 3.8) is 0 Å². The van der Waals surface area contributed by atoms with Crippen LogP contribution in [0.5, 0.6) is 0 Å². The van der Waals surface area contributed by atoms with Crippen LogP contribution in [-0.4, -0.2) is 29.8 Å². The van der Waals surface area contributed by atoms with Crippen molar-refractivity contribution in [3.8, 4) is 0 Å². The van der Waals surface area contributed by atoms with Gasteiger partial charge >= 0.3 is 0 Å². The lowest BCUT2D eigenvalue weighted by molar-refractivity contribution is 0.344. The van der Waals surface area contributed by atoms with Gasteiger partial charge in [0.1, 0.15) is 0 Å². The van der Waals surface area contributed by atoms with E-state index in [-0.39, 0.29) is 6.04 Å². The van der Waals surface area contributed by atoms with E-state index in [4.69, 9.17) is 4.52 Å². The van der Waals surface area contributed by atoms with E-state index < -0.39 is 0 Å². The van der Waals surface area contributed by atoms with E-state index in [1.54, 1.807) is 0 Å². The lowest BCUT2D eigenvalue weighted by Gasteiger charge is -2.10. The molecule has 1 N–H and O–H groups in total. The van der Waals surface area contributed by atoms with E-state index in [1.807, 2.05) is 0 Å². The fourth-order valence-corrected chi connectivity index (χ4v) is 2.31.